The number of halogens is 1. The Morgan fingerprint density at radius 2 is 2.11 bits per heavy atom. The van der Waals surface area contributed by atoms with Crippen molar-refractivity contribution < 1.29 is 4.79 Å². The van der Waals surface area contributed by atoms with E-state index in [9.17, 15) is 4.79 Å². The molecule has 3 aliphatic heterocycles. The normalized spacial score (nSPS) is 29.2. The van der Waals surface area contributed by atoms with Gasteiger partial charge in [-0.05, 0) is 50.0 Å². The Balaban J connectivity index is 1.71. The molecule has 1 aromatic carbocycles. The predicted molar refractivity (Wildman–Crippen MR) is 79.0 cm³/mol. The van der Waals surface area contributed by atoms with E-state index in [-0.39, 0.29) is 11.9 Å². The molecule has 4 rings (SSSR count). The van der Waals surface area contributed by atoms with E-state index in [0.29, 0.717) is 17.2 Å². The van der Waals surface area contributed by atoms with Gasteiger partial charge in [-0.25, -0.2) is 0 Å². The van der Waals surface area contributed by atoms with Gasteiger partial charge in [0.15, 0.2) is 0 Å². The highest BCUT2D eigenvalue weighted by Crippen LogP contribution is 2.28. The number of benzene rings is 1. The maximum Gasteiger partial charge on any atom is 0.253 e. The lowest BCUT2D eigenvalue weighted by Gasteiger charge is -2.44. The summed E-state index contributed by atoms with van der Waals surface area (Å²) in [6, 6.07) is 5.67. The fourth-order valence-corrected chi connectivity index (χ4v) is 3.49. The van der Waals surface area contributed by atoms with Gasteiger partial charge in [0, 0.05) is 22.7 Å². The second-order valence-corrected chi connectivity index (χ2v) is 6.37. The number of hydrogen-bond donors (Lipinski definition) is 2. The van der Waals surface area contributed by atoms with Crippen LogP contribution in [-0.2, 0) is 0 Å². The molecule has 0 spiro atoms. The maximum absolute atomic E-state index is 12.3. The first-order chi connectivity index (χ1) is 9.13. The van der Waals surface area contributed by atoms with Gasteiger partial charge in [-0.3, -0.25) is 4.79 Å². The largest absolute Gasteiger partial charge is 0.398 e. The van der Waals surface area contributed by atoms with E-state index in [0.717, 1.165) is 11.0 Å². The number of fused-ring (bicyclic) bond motifs is 3. The molecule has 0 aromatic heterocycles. The number of carbonyl (C=O) groups is 1. The van der Waals surface area contributed by atoms with Gasteiger partial charge < -0.3 is 16.0 Å². The fourth-order valence-electron chi connectivity index (χ4n) is 3.12. The zero-order valence-corrected chi connectivity index (χ0v) is 12.3. The van der Waals surface area contributed by atoms with Crippen molar-refractivity contribution in [1.82, 2.24) is 10.2 Å². The van der Waals surface area contributed by atoms with Crippen LogP contribution in [0.4, 0.5) is 5.69 Å². The van der Waals surface area contributed by atoms with Crippen LogP contribution in [0, 0.1) is 5.92 Å². The molecule has 3 saturated heterocycles. The molecule has 1 unspecified atom stereocenters. The summed E-state index contributed by atoms with van der Waals surface area (Å²) in [4.78, 5) is 14.7. The standard InChI is InChI=1S/C14H18BrN3O/c15-10-1-2-11(12(16)7-10)14(19)17-13-8-18-5-3-9(13)4-6-18/h1-2,7,9,13H,3-6,8,16H2,(H,17,19). The van der Waals surface area contributed by atoms with Crippen molar-refractivity contribution in [2.75, 3.05) is 25.4 Å². The van der Waals surface area contributed by atoms with Gasteiger partial charge in [-0.15, -0.1) is 0 Å². The van der Waals surface area contributed by atoms with Crippen molar-refractivity contribution in [1.29, 1.82) is 0 Å². The van der Waals surface area contributed by atoms with Crippen LogP contribution in [0.3, 0.4) is 0 Å². The molecule has 0 aliphatic carbocycles. The van der Waals surface area contributed by atoms with E-state index in [1.807, 2.05) is 6.07 Å². The van der Waals surface area contributed by atoms with Crippen molar-refractivity contribution >= 4 is 27.5 Å². The molecular formula is C14H18BrN3O. The third-order valence-corrected chi connectivity index (χ3v) is 4.72. The predicted octanol–water partition coefficient (Wildman–Crippen LogP) is 1.86. The fraction of sp³-hybridized carbons (Fsp3) is 0.500. The minimum Gasteiger partial charge on any atom is -0.398 e. The minimum atomic E-state index is -0.0521. The highest BCUT2D eigenvalue weighted by atomic mass is 79.9. The molecular weight excluding hydrogens is 306 g/mol. The van der Waals surface area contributed by atoms with Crippen molar-refractivity contribution in [3.63, 3.8) is 0 Å². The average Bonchev–Trinajstić information content (AvgIpc) is 2.39. The summed E-state index contributed by atoms with van der Waals surface area (Å²) in [5.74, 6) is 0.578. The lowest BCUT2D eigenvalue weighted by Crippen LogP contribution is -2.57. The minimum absolute atomic E-state index is 0.0521. The molecule has 3 fully saturated rings. The Morgan fingerprint density at radius 3 is 2.68 bits per heavy atom. The highest BCUT2D eigenvalue weighted by Gasteiger charge is 2.35. The highest BCUT2D eigenvalue weighted by molar-refractivity contribution is 9.10. The molecule has 102 valence electrons. The van der Waals surface area contributed by atoms with Gasteiger partial charge in [0.1, 0.15) is 0 Å². The first-order valence-electron chi connectivity index (χ1n) is 6.72. The van der Waals surface area contributed by atoms with Crippen molar-refractivity contribution in [3.8, 4) is 0 Å². The molecule has 3 heterocycles. The van der Waals surface area contributed by atoms with Crippen molar-refractivity contribution in [2.24, 2.45) is 5.92 Å². The summed E-state index contributed by atoms with van der Waals surface area (Å²) in [7, 11) is 0. The third kappa shape index (κ3) is 2.62. The molecule has 2 bridgehead atoms. The molecule has 1 amide bonds. The van der Waals surface area contributed by atoms with Crippen molar-refractivity contribution in [3.05, 3.63) is 28.2 Å². The molecule has 19 heavy (non-hydrogen) atoms. The maximum atomic E-state index is 12.3. The number of nitrogens with one attached hydrogen (secondary N) is 1. The Labute approximate surface area is 121 Å². The van der Waals surface area contributed by atoms with Gasteiger partial charge in [0.05, 0.1) is 5.56 Å². The molecule has 4 nitrogen and oxygen atoms in total. The number of anilines is 1. The van der Waals surface area contributed by atoms with Crippen LogP contribution in [-0.4, -0.2) is 36.5 Å². The Morgan fingerprint density at radius 1 is 1.37 bits per heavy atom. The SMILES string of the molecule is Nc1cc(Br)ccc1C(=O)NC1CN2CCC1CC2. The summed E-state index contributed by atoms with van der Waals surface area (Å²) >= 11 is 3.35. The zero-order valence-electron chi connectivity index (χ0n) is 10.7. The Bertz CT molecular complexity index is 497. The molecule has 3 N–H and O–H groups in total. The molecule has 0 saturated carbocycles. The number of nitrogen functional groups attached to an aromatic ring is 1. The molecule has 0 radical (unpaired) electrons. The van der Waals surface area contributed by atoms with Crippen LogP contribution in [0.15, 0.2) is 22.7 Å². The van der Waals surface area contributed by atoms with E-state index in [1.165, 1.54) is 25.9 Å². The van der Waals surface area contributed by atoms with Crippen molar-refractivity contribution in [2.45, 2.75) is 18.9 Å². The van der Waals surface area contributed by atoms with Crippen LogP contribution in [0.5, 0.6) is 0 Å². The number of amides is 1. The number of nitrogens with zero attached hydrogens (tertiary/aromatic N) is 1. The first-order valence-corrected chi connectivity index (χ1v) is 7.51. The van der Waals surface area contributed by atoms with Crippen LogP contribution in [0.2, 0.25) is 0 Å². The van der Waals surface area contributed by atoms with Crippen LogP contribution in [0.25, 0.3) is 0 Å². The third-order valence-electron chi connectivity index (χ3n) is 4.23. The summed E-state index contributed by atoms with van der Waals surface area (Å²) in [6.45, 7) is 3.34. The summed E-state index contributed by atoms with van der Waals surface area (Å²) in [6.07, 6.45) is 2.39. The second-order valence-electron chi connectivity index (χ2n) is 5.45. The molecule has 1 aromatic rings. The van der Waals surface area contributed by atoms with Crippen LogP contribution >= 0.6 is 15.9 Å². The lowest BCUT2D eigenvalue weighted by molar-refractivity contribution is 0.0621. The number of carbonyl (C=O) groups excluding carboxylic acids is 1. The van der Waals surface area contributed by atoms with Gasteiger partial charge in [0.2, 0.25) is 0 Å². The number of nitrogens with two attached hydrogens (primary N) is 1. The van der Waals surface area contributed by atoms with E-state index in [1.54, 1.807) is 12.1 Å². The van der Waals surface area contributed by atoms with E-state index >= 15 is 0 Å². The molecule has 3 aliphatic rings. The van der Waals surface area contributed by atoms with Gasteiger partial charge in [-0.1, -0.05) is 15.9 Å². The molecule has 5 heteroatoms. The Kier molecular flexibility index (Phi) is 3.50. The monoisotopic (exact) mass is 323 g/mol. The average molecular weight is 324 g/mol. The summed E-state index contributed by atoms with van der Waals surface area (Å²) < 4.78 is 0.893. The van der Waals surface area contributed by atoms with E-state index in [2.05, 4.69) is 26.1 Å². The van der Waals surface area contributed by atoms with E-state index in [4.69, 9.17) is 5.73 Å². The Hall–Kier alpha value is -1.07. The second kappa shape index (κ2) is 5.13. The van der Waals surface area contributed by atoms with Gasteiger partial charge in [0.25, 0.3) is 5.91 Å². The summed E-state index contributed by atoms with van der Waals surface area (Å²) in [5.41, 5.74) is 6.99. The number of rotatable bonds is 2. The summed E-state index contributed by atoms with van der Waals surface area (Å²) in [5, 5.41) is 3.15. The zero-order chi connectivity index (χ0) is 13.4. The quantitative estimate of drug-likeness (QED) is 0.817. The van der Waals surface area contributed by atoms with Crippen LogP contribution in [0.1, 0.15) is 23.2 Å². The number of piperidine rings is 3. The number of hydrogen-bond acceptors (Lipinski definition) is 3. The van der Waals surface area contributed by atoms with Gasteiger partial charge >= 0.3 is 0 Å². The van der Waals surface area contributed by atoms with E-state index < -0.39 is 0 Å². The van der Waals surface area contributed by atoms with Gasteiger partial charge in [-0.2, -0.15) is 0 Å². The first kappa shape index (κ1) is 12.9. The van der Waals surface area contributed by atoms with Crippen LogP contribution < -0.4 is 11.1 Å². The molecule has 1 atom stereocenters. The topological polar surface area (TPSA) is 58.4 Å². The smallest absolute Gasteiger partial charge is 0.253 e. The lowest BCUT2D eigenvalue weighted by atomic mass is 9.84.